The summed E-state index contributed by atoms with van der Waals surface area (Å²) in [4.78, 5) is 42.7. The first-order valence-corrected chi connectivity index (χ1v) is 16.2. The van der Waals surface area contributed by atoms with Gasteiger partial charge in [0.15, 0.2) is 11.6 Å². The van der Waals surface area contributed by atoms with E-state index in [2.05, 4.69) is 24.1 Å². The Morgan fingerprint density at radius 2 is 1.85 bits per heavy atom. The highest BCUT2D eigenvalue weighted by molar-refractivity contribution is 7.89. The van der Waals surface area contributed by atoms with Crippen LogP contribution in [0.2, 0.25) is 0 Å². The smallest absolute Gasteiger partial charge is 0.324 e. The van der Waals surface area contributed by atoms with Crippen LogP contribution in [0.5, 0.6) is 0 Å². The van der Waals surface area contributed by atoms with Gasteiger partial charge in [0.1, 0.15) is 22.7 Å². The van der Waals surface area contributed by atoms with Gasteiger partial charge in [-0.05, 0) is 99.3 Å². The minimum absolute atomic E-state index is 0.0951. The van der Waals surface area contributed by atoms with Gasteiger partial charge in [-0.1, -0.05) is 19.4 Å². The SMILES string of the molecule is C[C@]12CC[C@H]3[C@@H](CCC4=CC(=O)CC[C@@]43C)[C@@H]1CC[C@@H]2OC(=O)[C@H]1NCCC1C(=O)c1ccc(S(N)(=O)=O)cn1. The van der Waals surface area contributed by atoms with Crippen molar-refractivity contribution in [3.8, 4) is 0 Å². The summed E-state index contributed by atoms with van der Waals surface area (Å²) >= 11 is 0. The molecule has 216 valence electrons. The molecule has 5 aliphatic rings. The lowest BCUT2D eigenvalue weighted by Gasteiger charge is -2.57. The number of sulfonamides is 1. The van der Waals surface area contributed by atoms with E-state index < -0.39 is 28.0 Å². The van der Waals surface area contributed by atoms with Crippen LogP contribution < -0.4 is 10.5 Å². The molecule has 40 heavy (non-hydrogen) atoms. The maximum Gasteiger partial charge on any atom is 0.324 e. The number of rotatable bonds is 5. The van der Waals surface area contributed by atoms with E-state index in [1.807, 2.05) is 6.08 Å². The van der Waals surface area contributed by atoms with Crippen molar-refractivity contribution >= 4 is 27.6 Å². The molecule has 1 aromatic heterocycles. The number of ether oxygens (including phenoxy) is 1. The van der Waals surface area contributed by atoms with Crippen LogP contribution in [0.3, 0.4) is 0 Å². The van der Waals surface area contributed by atoms with Gasteiger partial charge in [0.25, 0.3) is 0 Å². The molecule has 9 nitrogen and oxygen atoms in total. The Kier molecular flexibility index (Phi) is 6.82. The molecule has 10 heteroatoms. The molecular weight excluding hydrogens is 530 g/mol. The topological polar surface area (TPSA) is 146 Å². The second-order valence-corrected chi connectivity index (χ2v) is 14.7. The third kappa shape index (κ3) is 4.47. The number of nitrogens with zero attached hydrogens (tertiary/aromatic N) is 1. The zero-order chi connectivity index (χ0) is 28.4. The minimum atomic E-state index is -3.91. The highest BCUT2D eigenvalue weighted by atomic mass is 32.2. The average molecular weight is 570 g/mol. The van der Waals surface area contributed by atoms with Crippen molar-refractivity contribution in [2.45, 2.75) is 88.7 Å². The lowest BCUT2D eigenvalue weighted by atomic mass is 9.47. The first-order chi connectivity index (χ1) is 18.9. The molecule has 8 atom stereocenters. The number of fused-ring (bicyclic) bond motifs is 5. The molecule has 4 aliphatic carbocycles. The number of pyridine rings is 1. The molecule has 4 fully saturated rings. The number of hydrogen-bond acceptors (Lipinski definition) is 8. The van der Waals surface area contributed by atoms with Gasteiger partial charge < -0.3 is 10.1 Å². The van der Waals surface area contributed by atoms with Crippen LogP contribution in [0.15, 0.2) is 34.9 Å². The number of allylic oxidation sites excluding steroid dienone is 1. The van der Waals surface area contributed by atoms with E-state index >= 15 is 0 Å². The summed E-state index contributed by atoms with van der Waals surface area (Å²) in [6, 6.07) is 1.85. The minimum Gasteiger partial charge on any atom is -0.461 e. The third-order valence-electron chi connectivity index (χ3n) is 11.3. The van der Waals surface area contributed by atoms with Crippen LogP contribution >= 0.6 is 0 Å². The summed E-state index contributed by atoms with van der Waals surface area (Å²) in [5.41, 5.74) is 1.47. The first kappa shape index (κ1) is 27.7. The third-order valence-corrected chi connectivity index (χ3v) is 12.2. The number of ketones is 2. The summed E-state index contributed by atoms with van der Waals surface area (Å²) in [7, 11) is -3.91. The Morgan fingerprint density at radius 1 is 1.05 bits per heavy atom. The standard InChI is InChI=1S/C30H39N3O6S/c1-29-12-9-18(34)15-17(29)3-5-20-22-6-8-25(30(22,2)13-10-23(20)29)39-28(36)26-21(11-14-32-26)27(35)24-7-4-19(16-33-24)40(31,37)38/h4,7,15-16,20-23,25-26,32H,3,5-6,8-14H2,1-2H3,(H2,31,37,38)/t20-,21?,22-,23-,25-,26-,29-,30-/m0/s1. The van der Waals surface area contributed by atoms with Crippen molar-refractivity contribution in [2.24, 2.45) is 39.6 Å². The molecule has 6 rings (SSSR count). The van der Waals surface area contributed by atoms with Gasteiger partial charge in [0.2, 0.25) is 10.0 Å². The quantitative estimate of drug-likeness (QED) is 0.406. The fourth-order valence-corrected chi connectivity index (χ4v) is 9.49. The molecule has 0 aromatic carbocycles. The predicted octanol–water partition coefficient (Wildman–Crippen LogP) is 3.33. The maximum absolute atomic E-state index is 13.5. The Labute approximate surface area is 235 Å². The van der Waals surface area contributed by atoms with Gasteiger partial charge in [-0.3, -0.25) is 19.4 Å². The Morgan fingerprint density at radius 3 is 2.58 bits per heavy atom. The molecule has 3 N–H and O–H groups in total. The molecule has 0 spiro atoms. The number of primary sulfonamides is 1. The van der Waals surface area contributed by atoms with Gasteiger partial charge >= 0.3 is 5.97 Å². The molecule has 3 saturated carbocycles. The number of aromatic nitrogens is 1. The van der Waals surface area contributed by atoms with Crippen LogP contribution in [0.25, 0.3) is 0 Å². The number of nitrogens with two attached hydrogens (primary N) is 1. The molecular formula is C30H39N3O6S. The highest BCUT2D eigenvalue weighted by Gasteiger charge is 2.60. The number of esters is 1. The molecule has 0 amide bonds. The van der Waals surface area contributed by atoms with Gasteiger partial charge in [-0.15, -0.1) is 0 Å². The van der Waals surface area contributed by atoms with Crippen LogP contribution in [0.4, 0.5) is 0 Å². The average Bonchev–Trinajstić information content (AvgIpc) is 3.53. The lowest BCUT2D eigenvalue weighted by molar-refractivity contribution is -0.162. The van der Waals surface area contributed by atoms with Crippen molar-refractivity contribution in [3.63, 3.8) is 0 Å². The first-order valence-electron chi connectivity index (χ1n) is 14.6. The van der Waals surface area contributed by atoms with Crippen molar-refractivity contribution in [2.75, 3.05) is 6.54 Å². The summed E-state index contributed by atoms with van der Waals surface area (Å²) in [5.74, 6) is 0.567. The fraction of sp³-hybridized carbons (Fsp3) is 0.667. The second-order valence-electron chi connectivity index (χ2n) is 13.1. The van der Waals surface area contributed by atoms with E-state index in [1.54, 1.807) is 0 Å². The number of hydrogen-bond donors (Lipinski definition) is 2. The van der Waals surface area contributed by atoms with E-state index in [0.29, 0.717) is 37.1 Å². The van der Waals surface area contributed by atoms with E-state index in [4.69, 9.17) is 9.88 Å². The number of carbonyl (C=O) groups is 3. The molecule has 1 aliphatic heterocycles. The molecule has 2 heterocycles. The molecule has 0 radical (unpaired) electrons. The number of nitrogens with one attached hydrogen (secondary N) is 1. The molecule has 1 unspecified atom stereocenters. The Balaban J connectivity index is 1.15. The monoisotopic (exact) mass is 569 g/mol. The molecule has 0 bridgehead atoms. The van der Waals surface area contributed by atoms with Crippen LogP contribution in [0, 0.1) is 34.5 Å². The van der Waals surface area contributed by atoms with E-state index in [1.165, 1.54) is 17.7 Å². The Hall–Kier alpha value is -2.43. The van der Waals surface area contributed by atoms with Crippen LogP contribution in [-0.2, 0) is 24.3 Å². The van der Waals surface area contributed by atoms with Crippen LogP contribution in [0.1, 0.15) is 82.1 Å². The van der Waals surface area contributed by atoms with E-state index in [0.717, 1.165) is 51.1 Å². The van der Waals surface area contributed by atoms with Crippen molar-refractivity contribution in [1.82, 2.24) is 10.3 Å². The van der Waals surface area contributed by atoms with Gasteiger partial charge in [-0.25, -0.2) is 13.6 Å². The summed E-state index contributed by atoms with van der Waals surface area (Å²) in [5, 5.41) is 8.30. The fourth-order valence-electron chi connectivity index (χ4n) is 9.04. The molecule has 1 aromatic rings. The summed E-state index contributed by atoms with van der Waals surface area (Å²) < 4.78 is 29.3. The molecule has 1 saturated heterocycles. The van der Waals surface area contributed by atoms with E-state index in [-0.39, 0.29) is 39.1 Å². The van der Waals surface area contributed by atoms with Crippen LogP contribution in [-0.4, -0.2) is 49.6 Å². The van der Waals surface area contributed by atoms with Gasteiger partial charge in [0, 0.05) is 18.0 Å². The van der Waals surface area contributed by atoms with Crippen molar-refractivity contribution in [1.29, 1.82) is 0 Å². The summed E-state index contributed by atoms with van der Waals surface area (Å²) in [6.45, 7) is 5.17. The summed E-state index contributed by atoms with van der Waals surface area (Å²) in [6.07, 6.45) is 10.9. The normalized spacial score (nSPS) is 39.1. The largest absolute Gasteiger partial charge is 0.461 e. The second kappa shape index (κ2) is 9.84. The van der Waals surface area contributed by atoms with Gasteiger partial charge in [0.05, 0.1) is 5.92 Å². The van der Waals surface area contributed by atoms with E-state index in [9.17, 15) is 22.8 Å². The maximum atomic E-state index is 13.5. The zero-order valence-electron chi connectivity index (χ0n) is 23.2. The van der Waals surface area contributed by atoms with Crippen molar-refractivity contribution in [3.05, 3.63) is 35.7 Å². The van der Waals surface area contributed by atoms with Crippen molar-refractivity contribution < 1.29 is 27.5 Å². The lowest BCUT2D eigenvalue weighted by Crippen LogP contribution is -2.52. The van der Waals surface area contributed by atoms with Gasteiger partial charge in [-0.2, -0.15) is 0 Å². The Bertz CT molecular complexity index is 1370. The predicted molar refractivity (Wildman–Crippen MR) is 146 cm³/mol. The number of Topliss-reactive ketones (excluding diaryl/α,β-unsaturated/α-hetero) is 1. The number of carbonyl (C=O) groups excluding carboxylic acids is 3. The highest BCUT2D eigenvalue weighted by Crippen LogP contribution is 2.65. The zero-order valence-corrected chi connectivity index (χ0v) is 24.0.